The Bertz CT molecular complexity index is 1890. The maximum Gasteiger partial charge on any atom is 0.197 e. The fourth-order valence-corrected chi connectivity index (χ4v) is 6.05. The molecule has 0 radical (unpaired) electrons. The van der Waals surface area contributed by atoms with E-state index in [0.717, 1.165) is 27.1 Å². The summed E-state index contributed by atoms with van der Waals surface area (Å²) in [5.74, 6) is -0.499. The molecule has 0 spiro atoms. The molecule has 3 aliphatic carbocycles. The van der Waals surface area contributed by atoms with Crippen molar-refractivity contribution in [1.29, 1.82) is 0 Å². The lowest BCUT2D eigenvalue weighted by atomic mass is 10.0. The first-order valence-corrected chi connectivity index (χ1v) is 12.9. The molecule has 4 aromatic carbocycles. The van der Waals surface area contributed by atoms with Crippen molar-refractivity contribution in [2.75, 3.05) is 0 Å². The largest absolute Gasteiger partial charge is 0.507 e. The summed E-state index contributed by atoms with van der Waals surface area (Å²) in [6.07, 6.45) is 3.43. The molecule has 0 saturated carbocycles. The highest BCUT2D eigenvalue weighted by atomic mass is 35.5. The molecule has 2 N–H and O–H groups in total. The van der Waals surface area contributed by atoms with Crippen LogP contribution in [-0.4, -0.2) is 21.8 Å². The van der Waals surface area contributed by atoms with E-state index in [2.05, 4.69) is 0 Å². The topological polar surface area (TPSA) is 74.6 Å². The molecule has 0 heterocycles. The summed E-state index contributed by atoms with van der Waals surface area (Å²) in [5.41, 5.74) is 4.05. The number of carbonyl (C=O) groups is 2. The number of fused-ring (bicyclic) bond motifs is 4. The van der Waals surface area contributed by atoms with Crippen LogP contribution >= 0.6 is 11.6 Å². The summed E-state index contributed by atoms with van der Waals surface area (Å²) >= 11 is 6.74. The van der Waals surface area contributed by atoms with Gasteiger partial charge in [0, 0.05) is 27.3 Å². The summed E-state index contributed by atoms with van der Waals surface area (Å²) < 4.78 is 0. The first kappa shape index (κ1) is 22.9. The zero-order valence-electron chi connectivity index (χ0n) is 20.2. The van der Waals surface area contributed by atoms with Crippen molar-refractivity contribution < 1.29 is 19.8 Å². The predicted molar refractivity (Wildman–Crippen MR) is 149 cm³/mol. The first-order chi connectivity index (χ1) is 18.4. The fourth-order valence-electron chi connectivity index (χ4n) is 5.76. The van der Waals surface area contributed by atoms with Gasteiger partial charge in [-0.1, -0.05) is 60.1 Å². The molecular weight excluding hydrogens is 496 g/mol. The minimum absolute atomic E-state index is 0.0524. The zero-order chi connectivity index (χ0) is 26.1. The predicted octanol–water partition coefficient (Wildman–Crippen LogP) is 7.53. The fraction of sp³-hybridized carbons (Fsp3) is 0.0909. The molecule has 1 atom stereocenters. The Morgan fingerprint density at radius 2 is 1.32 bits per heavy atom. The summed E-state index contributed by atoms with van der Waals surface area (Å²) in [7, 11) is 0. The Morgan fingerprint density at radius 3 is 1.97 bits per heavy atom. The van der Waals surface area contributed by atoms with Crippen molar-refractivity contribution in [2.24, 2.45) is 0 Å². The van der Waals surface area contributed by atoms with Gasteiger partial charge in [-0.25, -0.2) is 0 Å². The minimum Gasteiger partial charge on any atom is -0.507 e. The van der Waals surface area contributed by atoms with E-state index in [1.54, 1.807) is 12.2 Å². The van der Waals surface area contributed by atoms with Crippen LogP contribution in [0.1, 0.15) is 50.8 Å². The van der Waals surface area contributed by atoms with Gasteiger partial charge in [0.2, 0.25) is 0 Å². The SMILES string of the molecule is O=C1C(/C=C2\CCC(/C=C3/C(=O)c4cc5ccccc5cc4C3O)=C2Cl)=C(O)c2cc3ccccc3cc21. The third-order valence-electron chi connectivity index (χ3n) is 7.78. The van der Waals surface area contributed by atoms with Crippen LogP contribution in [0.2, 0.25) is 0 Å². The lowest BCUT2D eigenvalue weighted by molar-refractivity contribution is 0.101. The average Bonchev–Trinajstić information content (AvgIpc) is 3.48. The second-order valence-corrected chi connectivity index (χ2v) is 10.3. The Labute approximate surface area is 223 Å². The van der Waals surface area contributed by atoms with E-state index in [1.165, 1.54) is 0 Å². The second kappa shape index (κ2) is 8.38. The maximum atomic E-state index is 13.2. The number of hydrogen-bond donors (Lipinski definition) is 2. The highest BCUT2D eigenvalue weighted by Gasteiger charge is 2.35. The molecule has 0 fully saturated rings. The van der Waals surface area contributed by atoms with E-state index in [-0.39, 0.29) is 22.9 Å². The number of Topliss-reactive ketones (excluding diaryl/α,β-unsaturated/α-hetero) is 2. The molecule has 0 amide bonds. The summed E-state index contributed by atoms with van der Waals surface area (Å²) in [6.45, 7) is 0. The normalized spacial score (nSPS) is 21.1. The van der Waals surface area contributed by atoms with E-state index in [4.69, 9.17) is 11.6 Å². The van der Waals surface area contributed by atoms with E-state index >= 15 is 0 Å². The van der Waals surface area contributed by atoms with E-state index < -0.39 is 6.10 Å². The highest BCUT2D eigenvalue weighted by Crippen LogP contribution is 2.43. The van der Waals surface area contributed by atoms with Crippen molar-refractivity contribution in [1.82, 2.24) is 0 Å². The van der Waals surface area contributed by atoms with Gasteiger partial charge in [-0.05, 0) is 87.5 Å². The van der Waals surface area contributed by atoms with E-state index in [9.17, 15) is 19.8 Å². The summed E-state index contributed by atoms with van der Waals surface area (Å²) in [5, 5.41) is 26.2. The van der Waals surface area contributed by atoms with Gasteiger partial charge >= 0.3 is 0 Å². The molecule has 0 saturated heterocycles. The van der Waals surface area contributed by atoms with Gasteiger partial charge in [0.25, 0.3) is 0 Å². The number of allylic oxidation sites excluding steroid dienone is 6. The second-order valence-electron chi connectivity index (χ2n) is 9.96. The van der Waals surface area contributed by atoms with Crippen molar-refractivity contribution in [3.63, 3.8) is 0 Å². The Kier molecular flexibility index (Phi) is 5.05. The van der Waals surface area contributed by atoms with Crippen LogP contribution < -0.4 is 0 Å². The number of carbonyl (C=O) groups excluding carboxylic acids is 2. The van der Waals surface area contributed by atoms with Crippen LogP contribution in [0.4, 0.5) is 0 Å². The third-order valence-corrected chi connectivity index (χ3v) is 8.26. The number of aliphatic hydroxyl groups excluding tert-OH is 2. The van der Waals surface area contributed by atoms with Crippen LogP contribution in [0.25, 0.3) is 27.3 Å². The Balaban J connectivity index is 1.24. The molecule has 38 heavy (non-hydrogen) atoms. The minimum atomic E-state index is -1.03. The molecule has 1 unspecified atom stereocenters. The molecule has 5 heteroatoms. The molecule has 0 bridgehead atoms. The van der Waals surface area contributed by atoms with Gasteiger partial charge in [-0.2, -0.15) is 0 Å². The van der Waals surface area contributed by atoms with Crippen molar-refractivity contribution in [3.05, 3.63) is 135 Å². The smallest absolute Gasteiger partial charge is 0.197 e. The van der Waals surface area contributed by atoms with Gasteiger partial charge < -0.3 is 10.2 Å². The molecule has 0 aliphatic heterocycles. The average molecular weight is 517 g/mol. The van der Waals surface area contributed by atoms with Gasteiger partial charge in [0.05, 0.1) is 5.57 Å². The molecule has 0 aromatic heterocycles. The van der Waals surface area contributed by atoms with Crippen LogP contribution in [0.3, 0.4) is 0 Å². The van der Waals surface area contributed by atoms with E-state index in [1.807, 2.05) is 72.8 Å². The lowest BCUT2D eigenvalue weighted by Gasteiger charge is -2.06. The molecule has 4 aromatic rings. The van der Waals surface area contributed by atoms with Crippen molar-refractivity contribution in [3.8, 4) is 0 Å². The number of hydrogen-bond acceptors (Lipinski definition) is 4. The summed E-state index contributed by atoms with van der Waals surface area (Å²) in [4.78, 5) is 26.4. The quantitative estimate of drug-likeness (QED) is 0.270. The molecule has 7 rings (SSSR count). The van der Waals surface area contributed by atoms with Crippen LogP contribution in [0.5, 0.6) is 0 Å². The first-order valence-electron chi connectivity index (χ1n) is 12.5. The van der Waals surface area contributed by atoms with Gasteiger partial charge in [-0.3, -0.25) is 9.59 Å². The Morgan fingerprint density at radius 1 is 0.737 bits per heavy atom. The van der Waals surface area contributed by atoms with Crippen LogP contribution in [0, 0.1) is 0 Å². The summed E-state index contributed by atoms with van der Waals surface area (Å²) in [6, 6.07) is 22.8. The van der Waals surface area contributed by atoms with Crippen LogP contribution in [-0.2, 0) is 0 Å². The number of ketones is 2. The van der Waals surface area contributed by atoms with Gasteiger partial charge in [0.1, 0.15) is 11.9 Å². The number of benzene rings is 4. The number of aliphatic hydroxyl groups is 2. The maximum absolute atomic E-state index is 13.2. The molecule has 184 valence electrons. The molecule has 4 nitrogen and oxygen atoms in total. The zero-order valence-corrected chi connectivity index (χ0v) is 20.9. The number of halogens is 1. The van der Waals surface area contributed by atoms with Gasteiger partial charge in [0.15, 0.2) is 11.6 Å². The Hall–Kier alpha value is -4.25. The van der Waals surface area contributed by atoms with E-state index in [0.29, 0.717) is 51.3 Å². The molecular formula is C33H21ClO4. The molecule has 3 aliphatic rings. The monoisotopic (exact) mass is 516 g/mol. The van der Waals surface area contributed by atoms with Crippen LogP contribution in [0.15, 0.2) is 112 Å². The van der Waals surface area contributed by atoms with Crippen molar-refractivity contribution in [2.45, 2.75) is 18.9 Å². The van der Waals surface area contributed by atoms with Gasteiger partial charge in [-0.15, -0.1) is 0 Å². The highest BCUT2D eigenvalue weighted by molar-refractivity contribution is 6.33. The standard InChI is InChI=1S/C33H21ClO4/c34-29-21(15-27-30(35)23-11-17-5-1-2-6-18(17)12-24(23)31(27)36)9-10-22(29)16-28-32(37)25-13-19-7-3-4-8-20(19)14-26(25)33(28)38/h1-8,11-16,30,35,37H,9-10H2/b22-16+,27-15+. The third kappa shape index (κ3) is 3.34. The number of rotatable bonds is 2. The van der Waals surface area contributed by atoms with Crippen molar-refractivity contribution >= 4 is 50.5 Å². The lowest BCUT2D eigenvalue weighted by Crippen LogP contribution is -2.00.